The van der Waals surface area contributed by atoms with Crippen molar-refractivity contribution in [1.82, 2.24) is 4.98 Å². The molecular weight excluding hydrogens is 401 g/mol. The molecule has 3 rings (SSSR count). The van der Waals surface area contributed by atoms with E-state index in [-0.39, 0.29) is 4.90 Å². The lowest BCUT2D eigenvalue weighted by Crippen LogP contribution is -2.12. The topological polar surface area (TPSA) is 88.0 Å². The standard InChI is InChI=1S/C14H12IN3O2S/c15-9-2-1-3-11(6-9)18-21(19,20)14-8-17-13-5-4-10(16)7-12(13)14/h1-8,17-18H,16H2. The molecule has 5 nitrogen and oxygen atoms in total. The average molecular weight is 413 g/mol. The maximum Gasteiger partial charge on any atom is 0.264 e. The lowest BCUT2D eigenvalue weighted by Gasteiger charge is -2.07. The van der Waals surface area contributed by atoms with E-state index in [1.807, 2.05) is 6.07 Å². The van der Waals surface area contributed by atoms with Crippen molar-refractivity contribution in [3.63, 3.8) is 0 Å². The number of halogens is 1. The Kier molecular flexibility index (Phi) is 3.54. The first-order chi connectivity index (χ1) is 9.95. The van der Waals surface area contributed by atoms with Crippen LogP contribution in [0.3, 0.4) is 0 Å². The summed E-state index contributed by atoms with van der Waals surface area (Å²) in [5.41, 5.74) is 7.52. The summed E-state index contributed by atoms with van der Waals surface area (Å²) in [6, 6.07) is 12.3. The summed E-state index contributed by atoms with van der Waals surface area (Å²) in [5.74, 6) is 0. The number of anilines is 2. The zero-order chi connectivity index (χ0) is 15.0. The van der Waals surface area contributed by atoms with Crippen molar-refractivity contribution in [2.45, 2.75) is 4.90 Å². The van der Waals surface area contributed by atoms with E-state index in [1.54, 1.807) is 36.4 Å². The Labute approximate surface area is 135 Å². The zero-order valence-electron chi connectivity index (χ0n) is 10.8. The van der Waals surface area contributed by atoms with Crippen molar-refractivity contribution in [3.05, 3.63) is 52.2 Å². The number of benzene rings is 2. The Morgan fingerprint density at radius 1 is 1.14 bits per heavy atom. The molecular formula is C14H12IN3O2S. The molecule has 21 heavy (non-hydrogen) atoms. The van der Waals surface area contributed by atoms with Gasteiger partial charge in [-0.1, -0.05) is 6.07 Å². The number of nitrogens with two attached hydrogens (primary N) is 1. The molecule has 0 amide bonds. The fourth-order valence-electron chi connectivity index (χ4n) is 2.10. The molecule has 0 aliphatic heterocycles. The smallest absolute Gasteiger partial charge is 0.264 e. The van der Waals surface area contributed by atoms with Crippen LogP contribution in [0.5, 0.6) is 0 Å². The van der Waals surface area contributed by atoms with E-state index >= 15 is 0 Å². The third-order valence-corrected chi connectivity index (χ3v) is 5.13. The fraction of sp³-hybridized carbons (Fsp3) is 0. The Hall–Kier alpha value is -1.74. The average Bonchev–Trinajstić information content (AvgIpc) is 2.81. The van der Waals surface area contributed by atoms with Gasteiger partial charge in [0, 0.05) is 32.0 Å². The van der Waals surface area contributed by atoms with Crippen molar-refractivity contribution >= 4 is 54.9 Å². The number of H-pyrrole nitrogens is 1. The first-order valence-corrected chi connectivity index (χ1v) is 8.67. The molecule has 0 saturated heterocycles. The highest BCUT2D eigenvalue weighted by molar-refractivity contribution is 14.1. The number of aromatic nitrogens is 1. The van der Waals surface area contributed by atoms with Gasteiger partial charge in [0.25, 0.3) is 10.0 Å². The monoisotopic (exact) mass is 413 g/mol. The number of hydrogen-bond donors (Lipinski definition) is 3. The highest BCUT2D eigenvalue weighted by Crippen LogP contribution is 2.26. The normalized spacial score (nSPS) is 11.7. The predicted octanol–water partition coefficient (Wildman–Crippen LogP) is 3.16. The van der Waals surface area contributed by atoms with Crippen LogP contribution in [0.4, 0.5) is 11.4 Å². The van der Waals surface area contributed by atoms with Gasteiger partial charge in [-0.05, 0) is 59.0 Å². The molecule has 3 aromatic rings. The van der Waals surface area contributed by atoms with Gasteiger partial charge < -0.3 is 10.7 Å². The Morgan fingerprint density at radius 3 is 2.71 bits per heavy atom. The van der Waals surface area contributed by atoms with Crippen molar-refractivity contribution < 1.29 is 8.42 Å². The van der Waals surface area contributed by atoms with Crippen molar-refractivity contribution in [1.29, 1.82) is 0 Å². The highest BCUT2D eigenvalue weighted by Gasteiger charge is 2.19. The summed E-state index contributed by atoms with van der Waals surface area (Å²) >= 11 is 2.13. The number of sulfonamides is 1. The van der Waals surface area contributed by atoms with Gasteiger partial charge in [0.1, 0.15) is 4.90 Å². The largest absolute Gasteiger partial charge is 0.399 e. The zero-order valence-corrected chi connectivity index (χ0v) is 13.8. The van der Waals surface area contributed by atoms with Crippen LogP contribution >= 0.6 is 22.6 Å². The van der Waals surface area contributed by atoms with Crippen molar-refractivity contribution in [2.24, 2.45) is 0 Å². The number of fused-ring (bicyclic) bond motifs is 1. The number of aromatic amines is 1. The van der Waals surface area contributed by atoms with Crippen LogP contribution in [-0.4, -0.2) is 13.4 Å². The second kappa shape index (κ2) is 5.23. The lowest BCUT2D eigenvalue weighted by atomic mass is 10.2. The maximum atomic E-state index is 12.5. The number of nitrogen functional groups attached to an aromatic ring is 1. The van der Waals surface area contributed by atoms with Gasteiger partial charge in [-0.15, -0.1) is 0 Å². The molecule has 0 radical (unpaired) electrons. The summed E-state index contributed by atoms with van der Waals surface area (Å²) in [6.07, 6.45) is 1.47. The van der Waals surface area contributed by atoms with Crippen molar-refractivity contribution in [3.8, 4) is 0 Å². The van der Waals surface area contributed by atoms with E-state index in [0.29, 0.717) is 16.8 Å². The number of nitrogens with one attached hydrogen (secondary N) is 2. The predicted molar refractivity (Wildman–Crippen MR) is 92.7 cm³/mol. The quantitative estimate of drug-likeness (QED) is 0.456. The van der Waals surface area contributed by atoms with Gasteiger partial charge in [0.05, 0.1) is 0 Å². The SMILES string of the molecule is Nc1ccc2[nH]cc(S(=O)(=O)Nc3cccc(I)c3)c2c1. The minimum atomic E-state index is -3.67. The molecule has 0 saturated carbocycles. The molecule has 1 heterocycles. The van der Waals surface area contributed by atoms with E-state index in [0.717, 1.165) is 9.09 Å². The molecule has 0 fully saturated rings. The Bertz CT molecular complexity index is 919. The van der Waals surface area contributed by atoms with Gasteiger partial charge in [0.15, 0.2) is 0 Å². The lowest BCUT2D eigenvalue weighted by molar-refractivity contribution is 0.602. The molecule has 1 aromatic heterocycles. The second-order valence-electron chi connectivity index (χ2n) is 4.57. The molecule has 2 aromatic carbocycles. The van der Waals surface area contributed by atoms with Crippen LogP contribution in [-0.2, 0) is 10.0 Å². The van der Waals surface area contributed by atoms with Crippen LogP contribution in [0.15, 0.2) is 53.6 Å². The van der Waals surface area contributed by atoms with E-state index in [2.05, 4.69) is 32.3 Å². The van der Waals surface area contributed by atoms with E-state index in [4.69, 9.17) is 5.73 Å². The molecule has 108 valence electrons. The second-order valence-corrected chi connectivity index (χ2v) is 7.47. The van der Waals surface area contributed by atoms with Crippen LogP contribution < -0.4 is 10.5 Å². The highest BCUT2D eigenvalue weighted by atomic mass is 127. The molecule has 0 atom stereocenters. The number of rotatable bonds is 3. The van der Waals surface area contributed by atoms with Gasteiger partial charge in [-0.25, -0.2) is 8.42 Å². The minimum absolute atomic E-state index is 0.184. The van der Waals surface area contributed by atoms with Crippen LogP contribution in [0.25, 0.3) is 10.9 Å². The van der Waals surface area contributed by atoms with E-state index in [1.165, 1.54) is 6.20 Å². The summed E-state index contributed by atoms with van der Waals surface area (Å²) in [7, 11) is -3.67. The van der Waals surface area contributed by atoms with Crippen LogP contribution in [0.1, 0.15) is 0 Å². The van der Waals surface area contributed by atoms with Crippen molar-refractivity contribution in [2.75, 3.05) is 10.5 Å². The summed E-state index contributed by atoms with van der Waals surface area (Å²) < 4.78 is 28.6. The maximum absolute atomic E-state index is 12.5. The molecule has 4 N–H and O–H groups in total. The molecule has 0 aliphatic rings. The Balaban J connectivity index is 2.06. The van der Waals surface area contributed by atoms with Crippen LogP contribution in [0, 0.1) is 3.57 Å². The van der Waals surface area contributed by atoms with E-state index < -0.39 is 10.0 Å². The molecule has 0 bridgehead atoms. The minimum Gasteiger partial charge on any atom is -0.399 e. The summed E-state index contributed by atoms with van der Waals surface area (Å²) in [4.78, 5) is 3.13. The van der Waals surface area contributed by atoms with Gasteiger partial charge in [0.2, 0.25) is 0 Å². The first-order valence-electron chi connectivity index (χ1n) is 6.11. The van der Waals surface area contributed by atoms with Gasteiger partial charge in [-0.2, -0.15) is 0 Å². The van der Waals surface area contributed by atoms with E-state index in [9.17, 15) is 8.42 Å². The molecule has 0 spiro atoms. The van der Waals surface area contributed by atoms with Gasteiger partial charge in [-0.3, -0.25) is 4.72 Å². The fourth-order valence-corrected chi connectivity index (χ4v) is 3.86. The molecule has 0 unspecified atom stereocenters. The number of hydrogen-bond acceptors (Lipinski definition) is 3. The first kappa shape index (κ1) is 14.2. The molecule has 7 heteroatoms. The summed E-state index contributed by atoms with van der Waals surface area (Å²) in [5, 5.41) is 0.577. The molecule has 0 aliphatic carbocycles. The third-order valence-electron chi connectivity index (χ3n) is 3.03. The summed E-state index contributed by atoms with van der Waals surface area (Å²) in [6.45, 7) is 0. The van der Waals surface area contributed by atoms with Gasteiger partial charge >= 0.3 is 0 Å². The Morgan fingerprint density at radius 2 is 1.95 bits per heavy atom. The third kappa shape index (κ3) is 2.84. The van der Waals surface area contributed by atoms with Crippen LogP contribution in [0.2, 0.25) is 0 Å².